The van der Waals surface area contributed by atoms with Gasteiger partial charge in [-0.15, -0.1) is 0 Å². The van der Waals surface area contributed by atoms with Crippen LogP contribution in [0.15, 0.2) is 0 Å². The summed E-state index contributed by atoms with van der Waals surface area (Å²) in [5, 5.41) is 7.35. The predicted octanol–water partition coefficient (Wildman–Crippen LogP) is 1.56. The summed E-state index contributed by atoms with van der Waals surface area (Å²) in [5.41, 5.74) is 8.02. The summed E-state index contributed by atoms with van der Waals surface area (Å²) in [6.45, 7) is 4.14. The Balaban J connectivity index is 2.81. The first-order chi connectivity index (χ1) is 9.04. The van der Waals surface area contributed by atoms with Crippen molar-refractivity contribution in [1.82, 2.24) is 9.78 Å². The van der Waals surface area contributed by atoms with Crippen molar-refractivity contribution >= 4 is 23.5 Å². The topological polar surface area (TPSA) is 72.9 Å². The lowest BCUT2D eigenvalue weighted by molar-refractivity contribution is -0.117. The molecular formula is C13H24N4OS. The fraction of sp³-hybridized carbons (Fsp3) is 0.692. The van der Waals surface area contributed by atoms with Gasteiger partial charge in [-0.25, -0.2) is 0 Å². The number of anilines is 1. The Hall–Kier alpha value is -1.01. The van der Waals surface area contributed by atoms with Crippen molar-refractivity contribution in [2.75, 3.05) is 17.3 Å². The third-order valence-corrected chi connectivity index (χ3v) is 3.77. The molecule has 1 heterocycles. The summed E-state index contributed by atoms with van der Waals surface area (Å²) < 4.78 is 1.73. The van der Waals surface area contributed by atoms with Gasteiger partial charge in [-0.05, 0) is 31.3 Å². The molecule has 6 heteroatoms. The van der Waals surface area contributed by atoms with E-state index in [0.717, 1.165) is 35.7 Å². The highest BCUT2D eigenvalue weighted by atomic mass is 32.2. The molecule has 19 heavy (non-hydrogen) atoms. The zero-order chi connectivity index (χ0) is 14.4. The normalized spacial score (nSPS) is 12.5. The number of nitrogens with zero attached hydrogens (tertiary/aromatic N) is 2. The van der Waals surface area contributed by atoms with E-state index in [1.807, 2.05) is 13.3 Å². The molecule has 0 aliphatic rings. The summed E-state index contributed by atoms with van der Waals surface area (Å²) in [5.74, 6) is 1.54. The Morgan fingerprint density at radius 1 is 1.47 bits per heavy atom. The Kier molecular flexibility index (Phi) is 6.37. The van der Waals surface area contributed by atoms with Crippen LogP contribution in [0, 0.1) is 0 Å². The number of hydrogen-bond donors (Lipinski definition) is 2. The molecule has 1 rings (SSSR count). The van der Waals surface area contributed by atoms with Crippen molar-refractivity contribution in [3.8, 4) is 0 Å². The summed E-state index contributed by atoms with van der Waals surface area (Å²) in [6.07, 6.45) is 4.42. The second-order valence-electron chi connectivity index (χ2n) is 4.48. The van der Waals surface area contributed by atoms with E-state index in [-0.39, 0.29) is 5.91 Å². The van der Waals surface area contributed by atoms with Gasteiger partial charge in [0.05, 0.1) is 11.7 Å². The molecule has 0 unspecified atom stereocenters. The van der Waals surface area contributed by atoms with Gasteiger partial charge in [0.15, 0.2) is 0 Å². The van der Waals surface area contributed by atoms with Crippen molar-refractivity contribution in [3.63, 3.8) is 0 Å². The fourth-order valence-corrected chi connectivity index (χ4v) is 2.51. The van der Waals surface area contributed by atoms with Gasteiger partial charge in [-0.3, -0.25) is 9.48 Å². The molecule has 108 valence electrons. The largest absolute Gasteiger partial charge is 0.320 e. The molecule has 1 aromatic rings. The second-order valence-corrected chi connectivity index (χ2v) is 5.47. The average molecular weight is 284 g/mol. The number of nitrogens with one attached hydrogen (secondary N) is 1. The van der Waals surface area contributed by atoms with Crippen LogP contribution in [0.1, 0.15) is 31.5 Å². The maximum Gasteiger partial charge on any atom is 0.242 e. The molecule has 3 N–H and O–H groups in total. The molecule has 0 aliphatic carbocycles. The minimum absolute atomic E-state index is 0.130. The Morgan fingerprint density at radius 3 is 2.68 bits per heavy atom. The zero-order valence-corrected chi connectivity index (χ0v) is 13.0. The number of hydrogen-bond acceptors (Lipinski definition) is 4. The second kappa shape index (κ2) is 7.55. The van der Waals surface area contributed by atoms with E-state index in [1.165, 1.54) is 0 Å². The number of nitrogens with two attached hydrogens (primary N) is 1. The van der Waals surface area contributed by atoms with Crippen LogP contribution in [0.2, 0.25) is 0 Å². The molecule has 5 nitrogen and oxygen atoms in total. The molecule has 0 saturated carbocycles. The maximum absolute atomic E-state index is 12.0. The molecule has 0 spiro atoms. The van der Waals surface area contributed by atoms with Gasteiger partial charge in [0.25, 0.3) is 0 Å². The first-order valence-corrected chi connectivity index (χ1v) is 8.04. The number of amides is 1. The van der Waals surface area contributed by atoms with Crippen LogP contribution in [0.4, 0.5) is 5.82 Å². The maximum atomic E-state index is 12.0. The van der Waals surface area contributed by atoms with Crippen LogP contribution in [0.3, 0.4) is 0 Å². The summed E-state index contributed by atoms with van der Waals surface area (Å²) in [6, 6.07) is -0.461. The smallest absolute Gasteiger partial charge is 0.242 e. The van der Waals surface area contributed by atoms with Gasteiger partial charge in [-0.1, -0.05) is 13.8 Å². The number of rotatable bonds is 7. The summed E-state index contributed by atoms with van der Waals surface area (Å²) >= 11 is 1.69. The average Bonchev–Trinajstić information content (AvgIpc) is 2.71. The highest BCUT2D eigenvalue weighted by Gasteiger charge is 2.19. The number of aromatic nitrogens is 2. The van der Waals surface area contributed by atoms with E-state index in [0.29, 0.717) is 6.42 Å². The van der Waals surface area contributed by atoms with Crippen LogP contribution in [0.25, 0.3) is 0 Å². The van der Waals surface area contributed by atoms with E-state index in [2.05, 4.69) is 24.3 Å². The van der Waals surface area contributed by atoms with E-state index < -0.39 is 6.04 Å². The molecule has 0 saturated heterocycles. The summed E-state index contributed by atoms with van der Waals surface area (Å²) in [7, 11) is 1.85. The van der Waals surface area contributed by atoms with Gasteiger partial charge < -0.3 is 11.1 Å². The number of aryl methyl sites for hydroxylation is 2. The van der Waals surface area contributed by atoms with Gasteiger partial charge in [-0.2, -0.15) is 16.9 Å². The lowest BCUT2D eigenvalue weighted by Gasteiger charge is -2.13. The lowest BCUT2D eigenvalue weighted by atomic mass is 10.1. The fourth-order valence-electron chi connectivity index (χ4n) is 2.02. The third kappa shape index (κ3) is 3.98. The van der Waals surface area contributed by atoms with E-state index in [9.17, 15) is 4.79 Å². The Morgan fingerprint density at radius 2 is 2.16 bits per heavy atom. The molecule has 0 radical (unpaired) electrons. The van der Waals surface area contributed by atoms with Crippen LogP contribution in [-0.4, -0.2) is 33.7 Å². The highest BCUT2D eigenvalue weighted by molar-refractivity contribution is 7.98. The number of thioether (sulfide) groups is 1. The van der Waals surface area contributed by atoms with Crippen molar-refractivity contribution in [2.24, 2.45) is 12.8 Å². The minimum atomic E-state index is -0.461. The van der Waals surface area contributed by atoms with Crippen LogP contribution in [0.5, 0.6) is 0 Å². The van der Waals surface area contributed by atoms with E-state index in [4.69, 9.17) is 5.73 Å². The standard InChI is InChI=1S/C13H24N4OS/c1-5-9-11(6-2)16-17(3)12(9)15-13(18)10(14)7-8-19-4/h10H,5-8,14H2,1-4H3,(H,15,18)/t10-/m0/s1. The molecule has 1 aromatic heterocycles. The van der Waals surface area contributed by atoms with Crippen molar-refractivity contribution in [2.45, 2.75) is 39.2 Å². The van der Waals surface area contributed by atoms with Crippen molar-refractivity contribution in [3.05, 3.63) is 11.3 Å². The van der Waals surface area contributed by atoms with E-state index in [1.54, 1.807) is 16.4 Å². The highest BCUT2D eigenvalue weighted by Crippen LogP contribution is 2.20. The van der Waals surface area contributed by atoms with Crippen LogP contribution < -0.4 is 11.1 Å². The molecular weight excluding hydrogens is 260 g/mol. The first kappa shape index (κ1) is 16.0. The lowest BCUT2D eigenvalue weighted by Crippen LogP contribution is -2.36. The van der Waals surface area contributed by atoms with Crippen LogP contribution in [-0.2, 0) is 24.7 Å². The van der Waals surface area contributed by atoms with Crippen molar-refractivity contribution in [1.29, 1.82) is 0 Å². The van der Waals surface area contributed by atoms with Gasteiger partial charge in [0, 0.05) is 12.6 Å². The number of carbonyl (C=O) groups is 1. The van der Waals surface area contributed by atoms with Gasteiger partial charge >= 0.3 is 0 Å². The first-order valence-electron chi connectivity index (χ1n) is 6.65. The van der Waals surface area contributed by atoms with Crippen molar-refractivity contribution < 1.29 is 4.79 Å². The Bertz CT molecular complexity index is 431. The van der Waals surface area contributed by atoms with Crippen LogP contribution >= 0.6 is 11.8 Å². The predicted molar refractivity (Wildman–Crippen MR) is 81.6 cm³/mol. The third-order valence-electron chi connectivity index (χ3n) is 3.13. The molecule has 1 amide bonds. The number of carbonyl (C=O) groups excluding carboxylic acids is 1. The zero-order valence-electron chi connectivity index (χ0n) is 12.2. The molecule has 0 fully saturated rings. The molecule has 0 bridgehead atoms. The monoisotopic (exact) mass is 284 g/mol. The summed E-state index contributed by atoms with van der Waals surface area (Å²) in [4.78, 5) is 12.0. The Labute approximate surface area is 119 Å². The SMILES string of the molecule is CCc1nn(C)c(NC(=O)[C@@H](N)CCSC)c1CC. The van der Waals surface area contributed by atoms with Gasteiger partial charge in [0.2, 0.25) is 5.91 Å². The van der Waals surface area contributed by atoms with E-state index >= 15 is 0 Å². The molecule has 0 aromatic carbocycles. The minimum Gasteiger partial charge on any atom is -0.320 e. The van der Waals surface area contributed by atoms with Gasteiger partial charge in [0.1, 0.15) is 5.82 Å². The molecule has 1 atom stereocenters. The quantitative estimate of drug-likeness (QED) is 0.797. The molecule has 0 aliphatic heterocycles.